The lowest BCUT2D eigenvalue weighted by atomic mass is 9.36. The van der Waals surface area contributed by atoms with Crippen LogP contribution in [0.2, 0.25) is 0 Å². The SMILES string of the molecule is c1ccc(-n2c3ccccc3c3cc(-c4ccc5c(c4)c4ccccc4n5-c4cccc5c4sc4c(B6c7ccccc7Oc7ccccc76)cccc45)ccc32)cc1. The zero-order chi connectivity index (χ0) is 38.6. The van der Waals surface area contributed by atoms with Crippen LogP contribution in [0.25, 0.3) is 86.3 Å². The summed E-state index contributed by atoms with van der Waals surface area (Å²) in [6.45, 7) is 0.0668. The molecule has 0 radical (unpaired) electrons. The highest BCUT2D eigenvalue weighted by Crippen LogP contribution is 2.42. The van der Waals surface area contributed by atoms with Crippen molar-refractivity contribution in [2.24, 2.45) is 0 Å². The molecule has 5 heteroatoms. The van der Waals surface area contributed by atoms with Gasteiger partial charge in [-0.05, 0) is 94.2 Å². The predicted octanol–water partition coefficient (Wildman–Crippen LogP) is 12.5. The first-order valence-corrected chi connectivity index (χ1v) is 21.0. The Balaban J connectivity index is 0.996. The number of benzene rings is 9. The van der Waals surface area contributed by atoms with E-state index in [0.29, 0.717) is 0 Å². The van der Waals surface area contributed by atoms with Gasteiger partial charge in [0.2, 0.25) is 0 Å². The monoisotopic (exact) mass is 768 g/mol. The molecule has 0 saturated carbocycles. The van der Waals surface area contributed by atoms with Crippen molar-refractivity contribution >= 4 is 98.2 Å². The Labute approximate surface area is 344 Å². The quantitative estimate of drug-likeness (QED) is 0.163. The van der Waals surface area contributed by atoms with Crippen molar-refractivity contribution in [2.45, 2.75) is 0 Å². The van der Waals surface area contributed by atoms with Gasteiger partial charge in [0.25, 0.3) is 6.71 Å². The van der Waals surface area contributed by atoms with Crippen molar-refractivity contribution in [1.82, 2.24) is 9.13 Å². The molecule has 13 rings (SSSR count). The standard InChI is InChI=1S/C54H33BN2OS/c1-2-14-36(15-3-1)56-46-23-8-4-16-37(46)41-32-34(28-30-48(41)56)35-29-31-49-42(33-35)38-17-5-9-24-47(38)57(49)50-25-13-19-40-39-18-12-22-45(53(39)59-54(40)50)55-43-20-6-10-26-51(43)58-52-27-11-7-21-44(52)55/h1-33H. The fourth-order valence-corrected chi connectivity index (χ4v) is 11.2. The molecule has 9 aromatic carbocycles. The van der Waals surface area contributed by atoms with Gasteiger partial charge in [0.05, 0.1) is 32.5 Å². The molecule has 12 aromatic rings. The maximum Gasteiger partial charge on any atom is 0.252 e. The van der Waals surface area contributed by atoms with Crippen molar-refractivity contribution < 1.29 is 4.74 Å². The van der Waals surface area contributed by atoms with Gasteiger partial charge < -0.3 is 13.9 Å². The first-order valence-electron chi connectivity index (χ1n) is 20.2. The van der Waals surface area contributed by atoms with Crippen molar-refractivity contribution in [3.63, 3.8) is 0 Å². The summed E-state index contributed by atoms with van der Waals surface area (Å²) in [6, 6.07) is 73.0. The van der Waals surface area contributed by atoms with E-state index in [2.05, 4.69) is 209 Å². The normalized spacial score (nSPS) is 12.5. The molecule has 0 saturated heterocycles. The maximum absolute atomic E-state index is 6.44. The van der Waals surface area contributed by atoms with Crippen LogP contribution in [0.5, 0.6) is 11.5 Å². The van der Waals surface area contributed by atoms with E-state index in [1.165, 1.54) is 103 Å². The second-order valence-electron chi connectivity index (χ2n) is 15.6. The van der Waals surface area contributed by atoms with E-state index in [1.54, 1.807) is 0 Å². The number of hydrogen-bond donors (Lipinski definition) is 0. The summed E-state index contributed by atoms with van der Waals surface area (Å²) in [5.41, 5.74) is 13.4. The van der Waals surface area contributed by atoms with E-state index in [1.807, 2.05) is 11.3 Å². The molecule has 0 N–H and O–H groups in total. The molecular formula is C54H33BN2OS. The molecule has 0 spiro atoms. The van der Waals surface area contributed by atoms with Crippen molar-refractivity contribution in [2.75, 3.05) is 0 Å². The van der Waals surface area contributed by atoms with E-state index in [4.69, 9.17) is 4.74 Å². The van der Waals surface area contributed by atoms with Gasteiger partial charge in [-0.25, -0.2) is 0 Å². The van der Waals surface area contributed by atoms with Gasteiger partial charge >= 0.3 is 0 Å². The summed E-state index contributed by atoms with van der Waals surface area (Å²) in [4.78, 5) is 0. The molecule has 274 valence electrons. The summed E-state index contributed by atoms with van der Waals surface area (Å²) in [6.07, 6.45) is 0. The highest BCUT2D eigenvalue weighted by Gasteiger charge is 2.33. The summed E-state index contributed by atoms with van der Waals surface area (Å²) in [5.74, 6) is 1.86. The van der Waals surface area contributed by atoms with Gasteiger partial charge in [-0.15, -0.1) is 11.3 Å². The Morgan fingerprint density at radius 1 is 0.356 bits per heavy atom. The highest BCUT2D eigenvalue weighted by molar-refractivity contribution is 7.28. The average Bonchev–Trinajstić information content (AvgIpc) is 3.96. The molecule has 3 aromatic heterocycles. The molecule has 4 heterocycles. The lowest BCUT2D eigenvalue weighted by Crippen LogP contribution is -2.54. The van der Waals surface area contributed by atoms with E-state index in [0.717, 1.165) is 11.5 Å². The number of ether oxygens (including phenoxy) is 1. The Hall–Kier alpha value is -7.34. The highest BCUT2D eigenvalue weighted by atomic mass is 32.1. The number of thiophene rings is 1. The van der Waals surface area contributed by atoms with Gasteiger partial charge in [-0.3, -0.25) is 0 Å². The van der Waals surface area contributed by atoms with Gasteiger partial charge in [0, 0.05) is 37.3 Å². The van der Waals surface area contributed by atoms with Gasteiger partial charge in [-0.1, -0.05) is 139 Å². The van der Waals surface area contributed by atoms with Crippen molar-refractivity contribution in [1.29, 1.82) is 0 Å². The second kappa shape index (κ2) is 12.6. The summed E-state index contributed by atoms with van der Waals surface area (Å²) in [7, 11) is 0. The minimum Gasteiger partial charge on any atom is -0.458 e. The van der Waals surface area contributed by atoms with Crippen LogP contribution in [-0.4, -0.2) is 15.8 Å². The number of hydrogen-bond acceptors (Lipinski definition) is 2. The molecule has 1 aliphatic heterocycles. The third-order valence-corrected chi connectivity index (χ3v) is 13.8. The molecular weight excluding hydrogens is 735 g/mol. The number of fused-ring (bicyclic) bond motifs is 11. The van der Waals surface area contributed by atoms with Gasteiger partial charge in [-0.2, -0.15) is 0 Å². The third kappa shape index (κ3) is 4.77. The van der Waals surface area contributed by atoms with Crippen molar-refractivity contribution in [3.05, 3.63) is 200 Å². The Morgan fingerprint density at radius 2 is 0.847 bits per heavy atom. The smallest absolute Gasteiger partial charge is 0.252 e. The summed E-state index contributed by atoms with van der Waals surface area (Å²) < 4.78 is 13.9. The number of rotatable bonds is 4. The van der Waals surface area contributed by atoms with Crippen LogP contribution in [0.4, 0.5) is 0 Å². The molecule has 0 aliphatic carbocycles. The van der Waals surface area contributed by atoms with E-state index in [-0.39, 0.29) is 6.71 Å². The van der Waals surface area contributed by atoms with Gasteiger partial charge in [0.15, 0.2) is 0 Å². The van der Waals surface area contributed by atoms with Crippen molar-refractivity contribution in [3.8, 4) is 34.0 Å². The minimum absolute atomic E-state index is 0.0668. The van der Waals surface area contributed by atoms with Crippen LogP contribution in [-0.2, 0) is 0 Å². The Bertz CT molecular complexity index is 3620. The second-order valence-corrected chi connectivity index (χ2v) is 16.6. The molecule has 0 fully saturated rings. The van der Waals surface area contributed by atoms with E-state index < -0.39 is 0 Å². The molecule has 3 nitrogen and oxygen atoms in total. The molecule has 0 bridgehead atoms. The third-order valence-electron chi connectivity index (χ3n) is 12.5. The molecule has 59 heavy (non-hydrogen) atoms. The zero-order valence-electron chi connectivity index (χ0n) is 31.8. The fourth-order valence-electron chi connectivity index (χ4n) is 9.90. The zero-order valence-corrected chi connectivity index (χ0v) is 32.7. The lowest BCUT2D eigenvalue weighted by Gasteiger charge is -2.26. The molecule has 0 unspecified atom stereocenters. The first kappa shape index (κ1) is 32.7. The van der Waals surface area contributed by atoms with E-state index >= 15 is 0 Å². The topological polar surface area (TPSA) is 19.1 Å². The van der Waals surface area contributed by atoms with Crippen LogP contribution in [0.15, 0.2) is 200 Å². The van der Waals surface area contributed by atoms with Crippen LogP contribution < -0.4 is 21.1 Å². The van der Waals surface area contributed by atoms with Crippen LogP contribution >= 0.6 is 11.3 Å². The van der Waals surface area contributed by atoms with Gasteiger partial charge in [0.1, 0.15) is 11.5 Å². The van der Waals surface area contributed by atoms with E-state index in [9.17, 15) is 0 Å². The number of aromatic nitrogens is 2. The average molecular weight is 769 g/mol. The van der Waals surface area contributed by atoms with Crippen LogP contribution in [0.1, 0.15) is 0 Å². The molecule has 1 aliphatic rings. The largest absolute Gasteiger partial charge is 0.458 e. The molecule has 0 amide bonds. The van der Waals surface area contributed by atoms with Crippen LogP contribution in [0, 0.1) is 0 Å². The summed E-state index contributed by atoms with van der Waals surface area (Å²) in [5, 5.41) is 7.59. The Kier molecular flexibility index (Phi) is 6.98. The molecule has 0 atom stereocenters. The maximum atomic E-state index is 6.44. The summed E-state index contributed by atoms with van der Waals surface area (Å²) >= 11 is 1.91. The predicted molar refractivity (Wildman–Crippen MR) is 251 cm³/mol. The Morgan fingerprint density at radius 3 is 1.53 bits per heavy atom. The van der Waals surface area contributed by atoms with Crippen LogP contribution in [0.3, 0.4) is 0 Å². The number of nitrogens with zero attached hydrogens (tertiary/aromatic N) is 2. The fraction of sp³-hybridized carbons (Fsp3) is 0. The number of para-hydroxylation sites is 5. The first-order chi connectivity index (χ1) is 29.3. The minimum atomic E-state index is 0.0668. The lowest BCUT2D eigenvalue weighted by molar-refractivity contribution is 0.487.